The highest BCUT2D eigenvalue weighted by molar-refractivity contribution is 5.86. The Morgan fingerprint density at radius 2 is 1.30 bits per heavy atom. The van der Waals surface area contributed by atoms with Crippen molar-refractivity contribution in [2.45, 2.75) is 65.5 Å². The highest BCUT2D eigenvalue weighted by Gasteiger charge is 2.24. The minimum absolute atomic E-state index is 0.117. The van der Waals surface area contributed by atoms with Crippen molar-refractivity contribution in [3.63, 3.8) is 0 Å². The summed E-state index contributed by atoms with van der Waals surface area (Å²) in [5.41, 5.74) is 3.28. The second-order valence-electron chi connectivity index (χ2n) is 13.3. The third-order valence-electron chi connectivity index (χ3n) is 9.06. The minimum Gasteiger partial charge on any atom is -0.481 e. The lowest BCUT2D eigenvalue weighted by Gasteiger charge is -2.14. The van der Waals surface area contributed by atoms with Crippen LogP contribution in [0.4, 0.5) is 0 Å². The topological polar surface area (TPSA) is 192 Å². The zero-order valence-corrected chi connectivity index (χ0v) is 29.2. The summed E-state index contributed by atoms with van der Waals surface area (Å²) in [6, 6.07) is 22.1. The van der Waals surface area contributed by atoms with Crippen molar-refractivity contribution in [2.75, 3.05) is 0 Å². The lowest BCUT2D eigenvalue weighted by atomic mass is 10.1. The first kappa shape index (κ1) is 36.3. The first-order chi connectivity index (χ1) is 25.4. The number of carboxylic acid groups (broad SMARTS) is 2. The Bertz CT molecular complexity index is 2500. The van der Waals surface area contributed by atoms with Crippen LogP contribution in [0.1, 0.15) is 43.6 Å². The molecule has 3 aromatic heterocycles. The molecule has 0 fully saturated rings. The summed E-state index contributed by atoms with van der Waals surface area (Å²) in [5.74, 6) is -2.56. The predicted molar refractivity (Wildman–Crippen MR) is 196 cm³/mol. The number of carboxylic acids is 2. The van der Waals surface area contributed by atoms with Gasteiger partial charge >= 0.3 is 23.3 Å². The Hall–Kier alpha value is -6.51. The molecule has 15 nitrogen and oxygen atoms in total. The van der Waals surface area contributed by atoms with Gasteiger partial charge in [-0.25, -0.2) is 19.4 Å². The number of hydrogen-bond donors (Lipinski definition) is 3. The largest absolute Gasteiger partial charge is 0.481 e. The number of imidazole rings is 2. The number of benzene rings is 3. The first-order valence-electron chi connectivity index (χ1n) is 17.1. The van der Waals surface area contributed by atoms with E-state index in [1.165, 1.54) is 0 Å². The number of aryl methyl sites for hydroxylation is 1. The molecule has 3 heterocycles. The van der Waals surface area contributed by atoms with Gasteiger partial charge in [0.05, 0.1) is 48.1 Å². The molecular weight excluding hydrogens is 682 g/mol. The molecule has 3 aromatic carbocycles. The van der Waals surface area contributed by atoms with Crippen molar-refractivity contribution in [1.29, 1.82) is 0 Å². The molecule has 0 unspecified atom stereocenters. The number of aliphatic carboxylic acids is 2. The van der Waals surface area contributed by atoms with Crippen LogP contribution in [0.25, 0.3) is 22.1 Å². The third kappa shape index (κ3) is 8.03. The molecule has 15 heteroatoms. The Kier molecular flexibility index (Phi) is 10.5. The number of carbonyl (C=O) groups excluding carboxylic acids is 1. The average Bonchev–Trinajstić information content (AvgIpc) is 3.60. The smallest absolute Gasteiger partial charge is 0.331 e. The van der Waals surface area contributed by atoms with Crippen molar-refractivity contribution >= 4 is 39.9 Å². The van der Waals surface area contributed by atoms with E-state index in [2.05, 4.69) is 29.8 Å². The molecular formula is C38H39N7O8. The molecule has 1 amide bonds. The van der Waals surface area contributed by atoms with Gasteiger partial charge in [-0.2, -0.15) is 0 Å². The maximum Gasteiger partial charge on any atom is 0.331 e. The van der Waals surface area contributed by atoms with Crippen molar-refractivity contribution < 1.29 is 24.6 Å². The number of aromatic nitrogens is 6. The molecule has 0 aliphatic rings. The summed E-state index contributed by atoms with van der Waals surface area (Å²) in [6.07, 6.45) is 1.24. The molecule has 0 spiro atoms. The van der Waals surface area contributed by atoms with Crippen molar-refractivity contribution in [2.24, 2.45) is 5.92 Å². The molecule has 0 radical (unpaired) electrons. The van der Waals surface area contributed by atoms with E-state index in [1.54, 1.807) is 21.3 Å². The van der Waals surface area contributed by atoms with Gasteiger partial charge in [-0.1, -0.05) is 62.4 Å². The van der Waals surface area contributed by atoms with E-state index in [1.807, 2.05) is 54.6 Å². The number of rotatable bonds is 15. The van der Waals surface area contributed by atoms with Crippen molar-refractivity contribution in [1.82, 2.24) is 33.1 Å². The van der Waals surface area contributed by atoms with Gasteiger partial charge in [0.2, 0.25) is 5.91 Å². The molecule has 0 bridgehead atoms. The van der Waals surface area contributed by atoms with Crippen LogP contribution in [0.5, 0.6) is 0 Å². The van der Waals surface area contributed by atoms with Gasteiger partial charge in [0, 0.05) is 18.8 Å². The highest BCUT2D eigenvalue weighted by Crippen LogP contribution is 2.21. The number of hydrogen-bond acceptors (Lipinski definition) is 7. The summed E-state index contributed by atoms with van der Waals surface area (Å²) >= 11 is 0. The number of fused-ring (bicyclic) bond motifs is 2. The maximum atomic E-state index is 14.1. The summed E-state index contributed by atoms with van der Waals surface area (Å²) in [7, 11) is 0. The van der Waals surface area contributed by atoms with E-state index in [0.717, 1.165) is 67.8 Å². The normalized spacial score (nSPS) is 12.1. The van der Waals surface area contributed by atoms with Crippen LogP contribution in [0.15, 0.2) is 99.4 Å². The van der Waals surface area contributed by atoms with E-state index in [9.17, 15) is 33.9 Å². The molecule has 0 saturated heterocycles. The SMILES string of the molecule is CC(C)CCn1c(Cn2c(=O)n(Cc3ccc(Cn4c(=O)ccn(CC(=O)N[C@@H](CC(=O)O)C(=O)O)c4=O)cc3)c3ccccc32)nc2ccccc21. The van der Waals surface area contributed by atoms with Crippen LogP contribution in [0.2, 0.25) is 0 Å². The highest BCUT2D eigenvalue weighted by atomic mass is 16.4. The third-order valence-corrected chi connectivity index (χ3v) is 9.06. The molecule has 0 aliphatic heterocycles. The summed E-state index contributed by atoms with van der Waals surface area (Å²) in [5, 5.41) is 20.2. The van der Waals surface area contributed by atoms with E-state index in [0.29, 0.717) is 18.0 Å². The molecule has 0 aliphatic carbocycles. The van der Waals surface area contributed by atoms with Gasteiger partial charge < -0.3 is 20.1 Å². The fraction of sp³-hybridized carbons (Fsp3) is 0.289. The van der Waals surface area contributed by atoms with Crippen molar-refractivity contribution in [3.8, 4) is 0 Å². The van der Waals surface area contributed by atoms with E-state index >= 15 is 0 Å². The van der Waals surface area contributed by atoms with E-state index in [-0.39, 0.29) is 18.8 Å². The van der Waals surface area contributed by atoms with Crippen molar-refractivity contribution in [3.05, 3.63) is 133 Å². The van der Waals surface area contributed by atoms with Gasteiger partial charge in [-0.05, 0) is 47.7 Å². The summed E-state index contributed by atoms with van der Waals surface area (Å²) in [4.78, 5) is 79.5. The minimum atomic E-state index is -1.68. The number of carbonyl (C=O) groups is 3. The molecule has 3 N–H and O–H groups in total. The fourth-order valence-electron chi connectivity index (χ4n) is 6.31. The second kappa shape index (κ2) is 15.4. The van der Waals surface area contributed by atoms with Crippen LogP contribution < -0.4 is 22.3 Å². The van der Waals surface area contributed by atoms with Gasteiger partial charge in [0.25, 0.3) is 5.56 Å². The lowest BCUT2D eigenvalue weighted by molar-refractivity contribution is -0.147. The summed E-state index contributed by atoms with van der Waals surface area (Å²) in [6.45, 7) is 4.97. The molecule has 274 valence electrons. The second-order valence-corrected chi connectivity index (χ2v) is 13.3. The van der Waals surface area contributed by atoms with Gasteiger partial charge in [0.15, 0.2) is 0 Å². The standard InChI is InChI=1S/C38H39N7O8/c1-24(2)15-18-42-29-8-4-3-7-27(29)39-32(42)22-44-31-10-6-5-9-30(31)43(38(44)53)20-25-11-13-26(14-12-25)21-45-34(47)16-17-41(37(45)52)23-33(46)40-28(36(50)51)19-35(48)49/h3-14,16-17,24,28H,15,18-23H2,1-2H3,(H,40,46)(H,48,49)(H,50,51)/t28-/m0/s1. The number of amides is 1. The zero-order valence-electron chi connectivity index (χ0n) is 29.2. The van der Waals surface area contributed by atoms with Crippen LogP contribution in [-0.4, -0.2) is 61.9 Å². The van der Waals surface area contributed by atoms with E-state index in [4.69, 9.17) is 10.1 Å². The maximum absolute atomic E-state index is 14.1. The monoisotopic (exact) mass is 721 g/mol. The van der Waals surface area contributed by atoms with Gasteiger partial charge in [0.1, 0.15) is 18.4 Å². The fourth-order valence-corrected chi connectivity index (χ4v) is 6.31. The van der Waals surface area contributed by atoms with Gasteiger partial charge in [-0.3, -0.25) is 32.7 Å². The summed E-state index contributed by atoms with van der Waals surface area (Å²) < 4.78 is 7.53. The lowest BCUT2D eigenvalue weighted by Crippen LogP contribution is -2.46. The van der Waals surface area contributed by atoms with Crippen LogP contribution >= 0.6 is 0 Å². The molecule has 53 heavy (non-hydrogen) atoms. The van der Waals surface area contributed by atoms with Crippen LogP contribution in [-0.2, 0) is 47.1 Å². The number of nitrogens with zero attached hydrogens (tertiary/aromatic N) is 6. The average molecular weight is 722 g/mol. The zero-order chi connectivity index (χ0) is 37.8. The molecule has 6 aromatic rings. The quantitative estimate of drug-likeness (QED) is 0.143. The van der Waals surface area contributed by atoms with Crippen LogP contribution in [0, 0.1) is 5.92 Å². The Morgan fingerprint density at radius 1 is 0.717 bits per heavy atom. The first-order valence-corrected chi connectivity index (χ1v) is 17.1. The van der Waals surface area contributed by atoms with Crippen LogP contribution in [0.3, 0.4) is 0 Å². The number of para-hydroxylation sites is 4. The van der Waals surface area contributed by atoms with E-state index < -0.39 is 48.1 Å². The Morgan fingerprint density at radius 3 is 1.91 bits per heavy atom. The van der Waals surface area contributed by atoms with Gasteiger partial charge in [-0.15, -0.1) is 0 Å². The Labute approximate surface area is 302 Å². The predicted octanol–water partition coefficient (Wildman–Crippen LogP) is 2.71. The Balaban J connectivity index is 1.22. The molecule has 6 rings (SSSR count). The molecule has 1 atom stereocenters. The number of nitrogens with one attached hydrogen (secondary N) is 1. The molecule has 0 saturated carbocycles.